The molecule has 1 heterocycles. The summed E-state index contributed by atoms with van der Waals surface area (Å²) in [5.41, 5.74) is 11.1. The molecular weight excluding hydrogens is 198 g/mol. The number of hydrogen-bond acceptors (Lipinski definition) is 5. The third-order valence-corrected chi connectivity index (χ3v) is 1.76. The number of aryl methyl sites for hydroxylation is 1. The smallest absolute Gasteiger partial charge is 0.330 e. The van der Waals surface area contributed by atoms with E-state index in [0.29, 0.717) is 6.42 Å². The van der Waals surface area contributed by atoms with Crippen LogP contribution in [0.4, 0.5) is 10.7 Å². The highest BCUT2D eigenvalue weighted by atomic mass is 16.3. The first-order valence-corrected chi connectivity index (χ1v) is 4.38. The molecule has 0 fully saturated rings. The van der Waals surface area contributed by atoms with E-state index in [0.717, 1.165) is 11.3 Å². The van der Waals surface area contributed by atoms with Crippen LogP contribution in [-0.2, 0) is 6.42 Å². The van der Waals surface area contributed by atoms with E-state index < -0.39 is 6.03 Å². The lowest BCUT2D eigenvalue weighted by Crippen LogP contribution is -2.35. The van der Waals surface area contributed by atoms with Gasteiger partial charge < -0.3 is 10.8 Å². The van der Waals surface area contributed by atoms with Crippen molar-refractivity contribution in [1.29, 1.82) is 0 Å². The second-order valence-corrected chi connectivity index (χ2v) is 2.89. The van der Waals surface area contributed by atoms with Crippen molar-refractivity contribution >= 4 is 12.0 Å². The van der Waals surface area contributed by atoms with Gasteiger partial charge in [-0.15, -0.1) is 0 Å². The minimum atomic E-state index is -0.712. The Morgan fingerprint density at radius 2 is 2.40 bits per heavy atom. The van der Waals surface area contributed by atoms with Crippen LogP contribution in [0.1, 0.15) is 11.3 Å². The number of rotatable bonds is 4. The van der Waals surface area contributed by atoms with Gasteiger partial charge in [0.05, 0.1) is 0 Å². The number of primary amides is 1. The van der Waals surface area contributed by atoms with Crippen molar-refractivity contribution < 1.29 is 9.90 Å². The Hall–Kier alpha value is -1.89. The van der Waals surface area contributed by atoms with E-state index in [2.05, 4.69) is 20.8 Å². The maximum Gasteiger partial charge on any atom is 0.330 e. The Morgan fingerprint density at radius 3 is 2.93 bits per heavy atom. The lowest BCUT2D eigenvalue weighted by atomic mass is 10.2. The fourth-order valence-electron chi connectivity index (χ4n) is 1.04. The molecule has 7 nitrogen and oxygen atoms in total. The molecule has 0 aliphatic carbocycles. The van der Waals surface area contributed by atoms with Crippen LogP contribution in [0, 0.1) is 6.92 Å². The number of nitrogens with zero attached hydrogens (tertiary/aromatic N) is 2. The maximum atomic E-state index is 10.4. The zero-order valence-corrected chi connectivity index (χ0v) is 8.32. The molecule has 0 saturated carbocycles. The van der Waals surface area contributed by atoms with E-state index in [1.807, 2.05) is 0 Å². The highest BCUT2D eigenvalue weighted by Gasteiger charge is 2.02. The number of hydrogen-bond donors (Lipinski definition) is 4. The van der Waals surface area contributed by atoms with E-state index in [1.54, 1.807) is 13.1 Å². The monoisotopic (exact) mass is 211 g/mol. The zero-order chi connectivity index (χ0) is 11.3. The average Bonchev–Trinajstić information content (AvgIpc) is 2.19. The number of hydrazine groups is 1. The van der Waals surface area contributed by atoms with Gasteiger partial charge in [-0.05, 0) is 18.9 Å². The highest BCUT2D eigenvalue weighted by molar-refractivity contribution is 5.72. The summed E-state index contributed by atoms with van der Waals surface area (Å²) in [6.07, 6.45) is 2.10. The van der Waals surface area contributed by atoms with Crippen molar-refractivity contribution in [3.8, 4) is 0 Å². The largest absolute Gasteiger partial charge is 0.396 e. The number of aromatic nitrogens is 2. The Balaban J connectivity index is 2.68. The number of amides is 2. The van der Waals surface area contributed by atoms with Crippen LogP contribution in [0.2, 0.25) is 0 Å². The maximum absolute atomic E-state index is 10.4. The van der Waals surface area contributed by atoms with Crippen molar-refractivity contribution in [3.05, 3.63) is 17.5 Å². The number of carbonyl (C=O) groups is 1. The molecule has 5 N–H and O–H groups in total. The Labute approximate surface area is 86.7 Å². The molecule has 7 heteroatoms. The Morgan fingerprint density at radius 1 is 1.67 bits per heavy atom. The predicted molar refractivity (Wildman–Crippen MR) is 53.9 cm³/mol. The zero-order valence-electron chi connectivity index (χ0n) is 8.32. The topological polar surface area (TPSA) is 113 Å². The minimum Gasteiger partial charge on any atom is -0.396 e. The molecular formula is C8H13N5O2. The molecule has 0 bridgehead atoms. The third-order valence-electron chi connectivity index (χ3n) is 1.76. The Kier molecular flexibility index (Phi) is 3.81. The summed E-state index contributed by atoms with van der Waals surface area (Å²) in [6.45, 7) is 1.85. The molecule has 15 heavy (non-hydrogen) atoms. The first-order valence-electron chi connectivity index (χ1n) is 4.38. The Bertz CT molecular complexity index is 355. The molecule has 1 aromatic rings. The van der Waals surface area contributed by atoms with Gasteiger partial charge in [0.25, 0.3) is 0 Å². The van der Waals surface area contributed by atoms with Gasteiger partial charge in [-0.1, -0.05) is 0 Å². The lowest BCUT2D eigenvalue weighted by molar-refractivity contribution is 0.250. The minimum absolute atomic E-state index is 0.0521. The predicted octanol–water partition coefficient (Wildman–Crippen LogP) is -0.685. The summed E-state index contributed by atoms with van der Waals surface area (Å²) < 4.78 is 0. The van der Waals surface area contributed by atoms with Crippen molar-refractivity contribution in [2.24, 2.45) is 5.73 Å². The number of anilines is 1. The summed E-state index contributed by atoms with van der Waals surface area (Å²) in [4.78, 5) is 18.4. The fraction of sp³-hybridized carbons (Fsp3) is 0.375. The number of urea groups is 1. The molecule has 0 aliphatic heterocycles. The summed E-state index contributed by atoms with van der Waals surface area (Å²) in [7, 11) is 0. The summed E-state index contributed by atoms with van der Waals surface area (Å²) in [5, 5.41) is 8.74. The molecule has 2 amide bonds. The molecule has 0 aliphatic rings. The van der Waals surface area contributed by atoms with E-state index in [9.17, 15) is 4.79 Å². The van der Waals surface area contributed by atoms with Crippen LogP contribution in [-0.4, -0.2) is 27.7 Å². The van der Waals surface area contributed by atoms with Gasteiger partial charge in [0.15, 0.2) is 0 Å². The normalized spacial score (nSPS) is 9.73. The highest BCUT2D eigenvalue weighted by Crippen LogP contribution is 2.06. The van der Waals surface area contributed by atoms with Crippen molar-refractivity contribution in [2.45, 2.75) is 13.3 Å². The molecule has 0 radical (unpaired) electrons. The SMILES string of the molecule is Cc1nc(NNC(N)=O)ncc1CCO. The fourth-order valence-corrected chi connectivity index (χ4v) is 1.04. The van der Waals surface area contributed by atoms with Crippen LogP contribution >= 0.6 is 0 Å². The first kappa shape index (κ1) is 11.2. The number of nitrogens with two attached hydrogens (primary N) is 1. The van der Waals surface area contributed by atoms with Crippen molar-refractivity contribution in [1.82, 2.24) is 15.4 Å². The third kappa shape index (κ3) is 3.39. The lowest BCUT2D eigenvalue weighted by Gasteiger charge is -2.07. The first-order chi connectivity index (χ1) is 7.13. The standard InChI is InChI=1S/C8H13N5O2/c1-5-6(2-3-14)4-10-8(11-5)13-12-7(9)15/h4,14H,2-3H2,1H3,(H3,9,12,15)(H,10,11,13). The molecule has 0 spiro atoms. The van der Waals surface area contributed by atoms with Crippen molar-refractivity contribution in [2.75, 3.05) is 12.0 Å². The molecule has 82 valence electrons. The molecule has 0 aromatic carbocycles. The summed E-state index contributed by atoms with van der Waals surface area (Å²) in [5.74, 6) is 0.257. The van der Waals surface area contributed by atoms with E-state index in [1.165, 1.54) is 0 Å². The second kappa shape index (κ2) is 5.11. The number of aliphatic hydroxyl groups is 1. The van der Waals surface area contributed by atoms with Gasteiger partial charge in [0.1, 0.15) is 0 Å². The van der Waals surface area contributed by atoms with Crippen LogP contribution in [0.15, 0.2) is 6.20 Å². The van der Waals surface area contributed by atoms with Gasteiger partial charge >= 0.3 is 6.03 Å². The van der Waals surface area contributed by atoms with E-state index in [4.69, 9.17) is 10.8 Å². The van der Waals surface area contributed by atoms with Crippen LogP contribution in [0.25, 0.3) is 0 Å². The van der Waals surface area contributed by atoms with Crippen LogP contribution in [0.5, 0.6) is 0 Å². The quantitative estimate of drug-likeness (QED) is 0.492. The average molecular weight is 211 g/mol. The van der Waals surface area contributed by atoms with Crippen LogP contribution in [0.3, 0.4) is 0 Å². The van der Waals surface area contributed by atoms with Gasteiger partial charge in [-0.2, -0.15) is 0 Å². The molecule has 1 rings (SSSR count). The van der Waals surface area contributed by atoms with Gasteiger partial charge in [-0.3, -0.25) is 5.43 Å². The van der Waals surface area contributed by atoms with Crippen molar-refractivity contribution in [3.63, 3.8) is 0 Å². The number of carbonyl (C=O) groups excluding carboxylic acids is 1. The van der Waals surface area contributed by atoms with Crippen LogP contribution < -0.4 is 16.6 Å². The number of aliphatic hydroxyl groups excluding tert-OH is 1. The summed E-state index contributed by atoms with van der Waals surface area (Å²) >= 11 is 0. The van der Waals surface area contributed by atoms with Gasteiger partial charge in [0.2, 0.25) is 5.95 Å². The summed E-state index contributed by atoms with van der Waals surface area (Å²) in [6, 6.07) is -0.712. The number of nitrogens with one attached hydrogen (secondary N) is 2. The molecule has 0 saturated heterocycles. The van der Waals surface area contributed by atoms with Gasteiger partial charge in [-0.25, -0.2) is 20.2 Å². The van der Waals surface area contributed by atoms with E-state index in [-0.39, 0.29) is 12.6 Å². The van der Waals surface area contributed by atoms with Gasteiger partial charge in [0, 0.05) is 18.5 Å². The second-order valence-electron chi connectivity index (χ2n) is 2.89. The molecule has 0 atom stereocenters. The molecule has 1 aromatic heterocycles. The van der Waals surface area contributed by atoms with E-state index >= 15 is 0 Å². The molecule has 0 unspecified atom stereocenters.